The number of morpholine rings is 1. The van der Waals surface area contributed by atoms with Gasteiger partial charge in [0.05, 0.1) is 25.0 Å². The second-order valence-electron chi connectivity index (χ2n) is 4.60. The lowest BCUT2D eigenvalue weighted by Gasteiger charge is -2.27. The fourth-order valence-electron chi connectivity index (χ4n) is 2.23. The average Bonchev–Trinajstić information content (AvgIpc) is 2.46. The Kier molecular flexibility index (Phi) is 5.89. The molecule has 0 amide bonds. The molecule has 0 bridgehead atoms. The number of hydrogen-bond donors (Lipinski definition) is 0. The quantitative estimate of drug-likeness (QED) is 0.799. The highest BCUT2D eigenvalue weighted by molar-refractivity contribution is 8.00. The monoisotopic (exact) mass is 279 g/mol. The van der Waals surface area contributed by atoms with E-state index in [0.29, 0.717) is 12.3 Å². The van der Waals surface area contributed by atoms with Gasteiger partial charge in [0.15, 0.2) is 5.78 Å². The van der Waals surface area contributed by atoms with Crippen LogP contribution in [-0.2, 0) is 9.53 Å². The van der Waals surface area contributed by atoms with Gasteiger partial charge in [0.25, 0.3) is 0 Å². The summed E-state index contributed by atoms with van der Waals surface area (Å²) in [6.07, 6.45) is 0. The Bertz CT molecular complexity index is 390. The van der Waals surface area contributed by atoms with Crippen LogP contribution in [0.25, 0.3) is 0 Å². The van der Waals surface area contributed by atoms with Gasteiger partial charge in [-0.3, -0.25) is 9.69 Å². The zero-order valence-electron chi connectivity index (χ0n) is 11.4. The summed E-state index contributed by atoms with van der Waals surface area (Å²) in [6.45, 7) is 5.85. The van der Waals surface area contributed by atoms with Crippen molar-refractivity contribution in [2.45, 2.75) is 12.2 Å². The molecule has 1 aromatic carbocycles. The van der Waals surface area contributed by atoms with Crippen molar-refractivity contribution in [2.24, 2.45) is 0 Å². The molecule has 1 aliphatic rings. The highest BCUT2D eigenvalue weighted by atomic mass is 32.2. The number of rotatable bonds is 6. The summed E-state index contributed by atoms with van der Waals surface area (Å²) in [5, 5.41) is -0.0333. The van der Waals surface area contributed by atoms with E-state index in [-0.39, 0.29) is 5.25 Å². The molecule has 1 heterocycles. The van der Waals surface area contributed by atoms with E-state index < -0.39 is 0 Å². The summed E-state index contributed by atoms with van der Waals surface area (Å²) in [6, 6.07) is 10.1. The Morgan fingerprint density at radius 3 is 2.63 bits per heavy atom. The van der Waals surface area contributed by atoms with Gasteiger partial charge in [0, 0.05) is 13.1 Å². The van der Waals surface area contributed by atoms with Gasteiger partial charge in [-0.2, -0.15) is 0 Å². The minimum atomic E-state index is -0.0333. The summed E-state index contributed by atoms with van der Waals surface area (Å²) < 4.78 is 5.32. The average molecular weight is 279 g/mol. The van der Waals surface area contributed by atoms with E-state index in [1.807, 2.05) is 30.3 Å². The highest BCUT2D eigenvalue weighted by Crippen LogP contribution is 2.29. The molecule has 1 aliphatic heterocycles. The molecule has 1 saturated heterocycles. The number of benzene rings is 1. The summed E-state index contributed by atoms with van der Waals surface area (Å²) >= 11 is 1.72. The summed E-state index contributed by atoms with van der Waals surface area (Å²) in [7, 11) is 0. The molecule has 1 atom stereocenters. The van der Waals surface area contributed by atoms with Gasteiger partial charge >= 0.3 is 0 Å². The molecule has 4 heteroatoms. The van der Waals surface area contributed by atoms with E-state index in [0.717, 1.165) is 37.6 Å². The molecular formula is C15H21NO2S. The number of nitrogens with zero attached hydrogens (tertiary/aromatic N) is 1. The van der Waals surface area contributed by atoms with E-state index in [1.54, 1.807) is 11.8 Å². The summed E-state index contributed by atoms with van der Waals surface area (Å²) in [4.78, 5) is 14.7. The van der Waals surface area contributed by atoms with Crippen LogP contribution in [0.3, 0.4) is 0 Å². The third-order valence-corrected chi connectivity index (χ3v) is 4.41. The maximum absolute atomic E-state index is 12.5. The molecule has 0 saturated carbocycles. The molecule has 1 aromatic rings. The lowest BCUT2D eigenvalue weighted by Crippen LogP contribution is -2.40. The number of ether oxygens (including phenoxy) is 1. The van der Waals surface area contributed by atoms with Gasteiger partial charge in [-0.1, -0.05) is 37.3 Å². The first kappa shape index (κ1) is 14.6. The van der Waals surface area contributed by atoms with Crippen LogP contribution in [-0.4, -0.2) is 49.3 Å². The maximum Gasteiger partial charge on any atom is 0.164 e. The summed E-state index contributed by atoms with van der Waals surface area (Å²) in [5.74, 6) is 1.26. The van der Waals surface area contributed by atoms with Crippen molar-refractivity contribution < 1.29 is 9.53 Å². The topological polar surface area (TPSA) is 29.5 Å². The van der Waals surface area contributed by atoms with Crippen molar-refractivity contribution >= 4 is 17.5 Å². The number of hydrogen-bond acceptors (Lipinski definition) is 4. The van der Waals surface area contributed by atoms with Crippen molar-refractivity contribution in [3.63, 3.8) is 0 Å². The van der Waals surface area contributed by atoms with Crippen LogP contribution < -0.4 is 0 Å². The van der Waals surface area contributed by atoms with Crippen LogP contribution in [0, 0.1) is 0 Å². The molecule has 3 nitrogen and oxygen atoms in total. The first-order chi connectivity index (χ1) is 9.31. The van der Waals surface area contributed by atoms with E-state index in [4.69, 9.17) is 4.74 Å². The van der Waals surface area contributed by atoms with E-state index in [1.165, 1.54) is 0 Å². The van der Waals surface area contributed by atoms with Gasteiger partial charge in [-0.15, -0.1) is 11.8 Å². The molecule has 2 rings (SSSR count). The Hall–Kier alpha value is -0.840. The van der Waals surface area contributed by atoms with Crippen molar-refractivity contribution in [3.8, 4) is 0 Å². The fraction of sp³-hybridized carbons (Fsp3) is 0.533. The van der Waals surface area contributed by atoms with Gasteiger partial charge in [0.1, 0.15) is 0 Å². The highest BCUT2D eigenvalue weighted by Gasteiger charge is 2.23. The van der Waals surface area contributed by atoms with Crippen molar-refractivity contribution in [2.75, 3.05) is 38.6 Å². The lowest BCUT2D eigenvalue weighted by molar-refractivity contribution is -0.120. The Balaban J connectivity index is 1.99. The molecule has 1 fully saturated rings. The van der Waals surface area contributed by atoms with Crippen molar-refractivity contribution in [3.05, 3.63) is 35.9 Å². The number of ketones is 1. The largest absolute Gasteiger partial charge is 0.379 e. The van der Waals surface area contributed by atoms with Crippen LogP contribution >= 0.6 is 11.8 Å². The molecule has 0 N–H and O–H groups in total. The number of Topliss-reactive ketones (excluding diaryl/α,β-unsaturated/α-hetero) is 1. The first-order valence-electron chi connectivity index (χ1n) is 6.80. The molecule has 0 aliphatic carbocycles. The van der Waals surface area contributed by atoms with E-state index in [2.05, 4.69) is 11.8 Å². The van der Waals surface area contributed by atoms with Crippen molar-refractivity contribution in [1.82, 2.24) is 4.90 Å². The third-order valence-electron chi connectivity index (χ3n) is 3.21. The number of thioether (sulfide) groups is 1. The standard InChI is InChI=1S/C15H21NO2S/c1-2-19-15(13-6-4-3-5-7-13)14(17)12-16-8-10-18-11-9-16/h3-7,15H,2,8-12H2,1H3. The Labute approximate surface area is 119 Å². The zero-order valence-corrected chi connectivity index (χ0v) is 12.2. The molecule has 0 aromatic heterocycles. The zero-order chi connectivity index (χ0) is 13.5. The van der Waals surface area contributed by atoms with Crippen LogP contribution in [0.2, 0.25) is 0 Å². The maximum atomic E-state index is 12.5. The Morgan fingerprint density at radius 2 is 2.00 bits per heavy atom. The van der Waals surface area contributed by atoms with Crippen LogP contribution in [0.4, 0.5) is 0 Å². The van der Waals surface area contributed by atoms with Gasteiger partial charge in [0.2, 0.25) is 0 Å². The predicted molar refractivity (Wildman–Crippen MR) is 79.6 cm³/mol. The minimum absolute atomic E-state index is 0.0333. The molecule has 19 heavy (non-hydrogen) atoms. The second kappa shape index (κ2) is 7.68. The minimum Gasteiger partial charge on any atom is -0.379 e. The predicted octanol–water partition coefficient (Wildman–Crippen LogP) is 2.38. The summed E-state index contributed by atoms with van der Waals surface area (Å²) in [5.41, 5.74) is 1.12. The molecule has 0 radical (unpaired) electrons. The molecule has 104 valence electrons. The van der Waals surface area contributed by atoms with Crippen LogP contribution in [0.1, 0.15) is 17.7 Å². The molecule has 1 unspecified atom stereocenters. The van der Waals surface area contributed by atoms with Crippen LogP contribution in [0.5, 0.6) is 0 Å². The molecule has 0 spiro atoms. The molecular weight excluding hydrogens is 258 g/mol. The smallest absolute Gasteiger partial charge is 0.164 e. The van der Waals surface area contributed by atoms with Gasteiger partial charge < -0.3 is 4.74 Å². The van der Waals surface area contributed by atoms with E-state index in [9.17, 15) is 4.79 Å². The van der Waals surface area contributed by atoms with Crippen LogP contribution in [0.15, 0.2) is 30.3 Å². The van der Waals surface area contributed by atoms with E-state index >= 15 is 0 Å². The second-order valence-corrected chi connectivity index (χ2v) is 5.98. The van der Waals surface area contributed by atoms with Crippen molar-refractivity contribution in [1.29, 1.82) is 0 Å². The fourth-order valence-corrected chi connectivity index (χ4v) is 3.18. The number of carbonyl (C=O) groups excluding carboxylic acids is 1. The van der Waals surface area contributed by atoms with Gasteiger partial charge in [-0.25, -0.2) is 0 Å². The first-order valence-corrected chi connectivity index (χ1v) is 7.85. The normalized spacial score (nSPS) is 18.2. The SMILES string of the molecule is CCSC(C(=O)CN1CCOCC1)c1ccccc1. The third kappa shape index (κ3) is 4.34. The lowest BCUT2D eigenvalue weighted by atomic mass is 10.1. The Morgan fingerprint density at radius 1 is 1.32 bits per heavy atom. The van der Waals surface area contributed by atoms with Gasteiger partial charge in [-0.05, 0) is 11.3 Å². The number of carbonyl (C=O) groups is 1.